The van der Waals surface area contributed by atoms with Gasteiger partial charge in [-0.1, -0.05) is 11.6 Å². The lowest BCUT2D eigenvalue weighted by molar-refractivity contribution is 0.460. The van der Waals surface area contributed by atoms with Gasteiger partial charge in [0.15, 0.2) is 17.4 Å². The third-order valence-electron chi connectivity index (χ3n) is 1.18. The lowest BCUT2D eigenvalue weighted by Gasteiger charge is -2.02. The second kappa shape index (κ2) is 2.54. The number of halogens is 3. The largest absolute Gasteiger partial charge is 0.504 e. The molecule has 0 amide bonds. The second-order valence-corrected chi connectivity index (χ2v) is 2.32. The second-order valence-electron chi connectivity index (χ2n) is 1.92. The summed E-state index contributed by atoms with van der Waals surface area (Å²) in [6, 6.07) is 0.655. The first-order chi connectivity index (χ1) is 5.04. The van der Waals surface area contributed by atoms with E-state index in [9.17, 15) is 8.78 Å². The topological polar surface area (TPSA) is 46.2 Å². The van der Waals surface area contributed by atoms with Crippen molar-refractivity contribution in [1.29, 1.82) is 0 Å². The van der Waals surface area contributed by atoms with Crippen molar-refractivity contribution >= 4 is 17.3 Å². The van der Waals surface area contributed by atoms with Crippen molar-refractivity contribution in [3.8, 4) is 5.75 Å². The molecule has 0 atom stereocenters. The molecule has 1 aromatic carbocycles. The Morgan fingerprint density at radius 1 is 1.45 bits per heavy atom. The van der Waals surface area contributed by atoms with Crippen LogP contribution in [0.25, 0.3) is 0 Å². The van der Waals surface area contributed by atoms with Gasteiger partial charge in [-0.15, -0.1) is 0 Å². The predicted octanol–water partition coefficient (Wildman–Crippen LogP) is 1.91. The molecule has 3 N–H and O–H groups in total. The van der Waals surface area contributed by atoms with E-state index in [-0.39, 0.29) is 5.02 Å². The molecule has 1 rings (SSSR count). The van der Waals surface area contributed by atoms with Crippen LogP contribution < -0.4 is 5.73 Å². The van der Waals surface area contributed by atoms with Crippen LogP contribution in [0.5, 0.6) is 5.75 Å². The molecule has 0 bridgehead atoms. The summed E-state index contributed by atoms with van der Waals surface area (Å²) in [5.41, 5.74) is 4.26. The minimum atomic E-state index is -1.29. The zero-order valence-electron chi connectivity index (χ0n) is 5.24. The number of phenolic OH excluding ortho intramolecular Hbond substituents is 1. The minimum Gasteiger partial charge on any atom is -0.504 e. The number of phenols is 1. The van der Waals surface area contributed by atoms with Gasteiger partial charge in [-0.25, -0.2) is 8.78 Å². The van der Waals surface area contributed by atoms with Gasteiger partial charge in [-0.3, -0.25) is 0 Å². The van der Waals surface area contributed by atoms with Crippen LogP contribution in [0, 0.1) is 11.6 Å². The Morgan fingerprint density at radius 2 is 2.00 bits per heavy atom. The normalized spacial score (nSPS) is 10.1. The van der Waals surface area contributed by atoms with E-state index in [1.807, 2.05) is 0 Å². The maximum Gasteiger partial charge on any atom is 0.185 e. The third-order valence-corrected chi connectivity index (χ3v) is 1.47. The lowest BCUT2D eigenvalue weighted by Crippen LogP contribution is -1.95. The van der Waals surface area contributed by atoms with Gasteiger partial charge < -0.3 is 10.8 Å². The van der Waals surface area contributed by atoms with Crippen LogP contribution in [0.2, 0.25) is 5.02 Å². The number of nitrogen functional groups attached to an aromatic ring is 1. The molecule has 0 heterocycles. The number of nitrogens with two attached hydrogens (primary N) is 1. The molecule has 0 aliphatic rings. The molecule has 5 heteroatoms. The monoisotopic (exact) mass is 179 g/mol. The van der Waals surface area contributed by atoms with Gasteiger partial charge >= 0.3 is 0 Å². The quantitative estimate of drug-likeness (QED) is 0.363. The van der Waals surface area contributed by atoms with Crippen LogP contribution in [0.15, 0.2) is 6.07 Å². The predicted molar refractivity (Wildman–Crippen MR) is 37.4 cm³/mol. The zero-order chi connectivity index (χ0) is 8.59. The number of benzene rings is 1. The van der Waals surface area contributed by atoms with E-state index in [4.69, 9.17) is 22.4 Å². The van der Waals surface area contributed by atoms with Crippen LogP contribution in [-0.2, 0) is 0 Å². The van der Waals surface area contributed by atoms with E-state index < -0.39 is 23.1 Å². The van der Waals surface area contributed by atoms with Gasteiger partial charge in [0, 0.05) is 0 Å². The Hall–Kier alpha value is -1.03. The maximum atomic E-state index is 12.5. The van der Waals surface area contributed by atoms with E-state index >= 15 is 0 Å². The molecule has 1 aromatic rings. The first kappa shape index (κ1) is 8.07. The molecular weight excluding hydrogens is 176 g/mol. The molecule has 2 nitrogen and oxygen atoms in total. The molecule has 60 valence electrons. The Balaban J connectivity index is 3.46. The molecule has 0 saturated carbocycles. The summed E-state index contributed by atoms with van der Waals surface area (Å²) in [6.45, 7) is 0. The Morgan fingerprint density at radius 3 is 2.55 bits per heavy atom. The highest BCUT2D eigenvalue weighted by molar-refractivity contribution is 6.32. The van der Waals surface area contributed by atoms with Crippen molar-refractivity contribution in [2.75, 3.05) is 5.73 Å². The molecule has 0 radical (unpaired) electrons. The molecule has 11 heavy (non-hydrogen) atoms. The van der Waals surface area contributed by atoms with E-state index in [0.29, 0.717) is 6.07 Å². The highest BCUT2D eigenvalue weighted by Crippen LogP contribution is 2.32. The fourth-order valence-corrected chi connectivity index (χ4v) is 0.802. The van der Waals surface area contributed by atoms with Gasteiger partial charge in [0.25, 0.3) is 0 Å². The molecule has 0 unspecified atom stereocenters. The summed E-state index contributed by atoms with van der Waals surface area (Å²) < 4.78 is 24.8. The van der Waals surface area contributed by atoms with Crippen LogP contribution in [0.1, 0.15) is 0 Å². The molecular formula is C6H4ClF2NO. The Bertz CT molecular complexity index is 277. The minimum absolute atomic E-state index is 0.304. The fourth-order valence-electron chi connectivity index (χ4n) is 0.604. The number of rotatable bonds is 0. The first-order valence-corrected chi connectivity index (χ1v) is 3.03. The van der Waals surface area contributed by atoms with Crippen molar-refractivity contribution in [3.63, 3.8) is 0 Å². The lowest BCUT2D eigenvalue weighted by atomic mass is 10.3. The van der Waals surface area contributed by atoms with E-state index in [1.165, 1.54) is 0 Å². The molecule has 0 spiro atoms. The number of aromatic hydroxyl groups is 1. The van der Waals surface area contributed by atoms with Crippen LogP contribution in [0.4, 0.5) is 14.5 Å². The molecule has 0 aliphatic heterocycles. The fraction of sp³-hybridized carbons (Fsp3) is 0. The third kappa shape index (κ3) is 1.21. The Kier molecular flexibility index (Phi) is 1.87. The summed E-state index contributed by atoms with van der Waals surface area (Å²) in [5.74, 6) is -3.09. The van der Waals surface area contributed by atoms with Gasteiger partial charge in [0.05, 0.1) is 5.02 Å². The van der Waals surface area contributed by atoms with Crippen LogP contribution in [0.3, 0.4) is 0 Å². The van der Waals surface area contributed by atoms with Crippen molar-refractivity contribution in [3.05, 3.63) is 22.7 Å². The van der Waals surface area contributed by atoms with Gasteiger partial charge in [0.2, 0.25) is 0 Å². The van der Waals surface area contributed by atoms with Gasteiger partial charge in [0.1, 0.15) is 5.69 Å². The molecule has 0 aromatic heterocycles. The number of anilines is 1. The molecule has 0 aliphatic carbocycles. The average Bonchev–Trinajstić information content (AvgIpc) is 1.97. The van der Waals surface area contributed by atoms with E-state index in [2.05, 4.69) is 0 Å². The zero-order valence-corrected chi connectivity index (χ0v) is 5.99. The van der Waals surface area contributed by atoms with Crippen molar-refractivity contribution in [1.82, 2.24) is 0 Å². The smallest absolute Gasteiger partial charge is 0.185 e. The van der Waals surface area contributed by atoms with Gasteiger partial charge in [-0.2, -0.15) is 0 Å². The molecule has 0 saturated heterocycles. The highest BCUT2D eigenvalue weighted by Gasteiger charge is 2.13. The highest BCUT2D eigenvalue weighted by atomic mass is 35.5. The summed E-state index contributed by atoms with van der Waals surface area (Å²) in [5, 5.41) is 8.54. The summed E-state index contributed by atoms with van der Waals surface area (Å²) in [7, 11) is 0. The van der Waals surface area contributed by atoms with Crippen LogP contribution in [-0.4, -0.2) is 5.11 Å². The first-order valence-electron chi connectivity index (χ1n) is 2.66. The standard InChI is InChI=1S/C6H4ClF2NO/c7-2-1-3(8)4(9)5(10)6(2)11/h1,11H,10H2. The molecule has 0 fully saturated rings. The van der Waals surface area contributed by atoms with Crippen molar-refractivity contribution in [2.45, 2.75) is 0 Å². The van der Waals surface area contributed by atoms with Crippen LogP contribution >= 0.6 is 11.6 Å². The Labute approximate surface area is 66.2 Å². The maximum absolute atomic E-state index is 12.5. The number of hydrogen-bond acceptors (Lipinski definition) is 2. The van der Waals surface area contributed by atoms with Gasteiger partial charge in [-0.05, 0) is 6.07 Å². The summed E-state index contributed by atoms with van der Waals surface area (Å²) in [6.07, 6.45) is 0. The summed E-state index contributed by atoms with van der Waals surface area (Å²) >= 11 is 5.25. The van der Waals surface area contributed by atoms with Crippen molar-refractivity contribution in [2.24, 2.45) is 0 Å². The SMILES string of the molecule is Nc1c(O)c(Cl)cc(F)c1F. The van der Waals surface area contributed by atoms with Crippen molar-refractivity contribution < 1.29 is 13.9 Å². The van der Waals surface area contributed by atoms with E-state index in [1.54, 1.807) is 0 Å². The summed E-state index contributed by atoms with van der Waals surface area (Å²) in [4.78, 5) is 0. The number of hydrogen-bond donors (Lipinski definition) is 2. The average molecular weight is 180 g/mol. The van der Waals surface area contributed by atoms with E-state index in [0.717, 1.165) is 0 Å².